The predicted octanol–water partition coefficient (Wildman–Crippen LogP) is 7.71. The fraction of sp³-hybridized carbons (Fsp3) is 0.952. The molecule has 5 aliphatic rings. The first kappa shape index (κ1) is 40.8. The highest BCUT2D eigenvalue weighted by molar-refractivity contribution is 5.82. The molecular weight excluding hydrogens is 646 g/mol. The van der Waals surface area contributed by atoms with Gasteiger partial charge in [0.05, 0.1) is 29.5 Å². The van der Waals surface area contributed by atoms with Crippen LogP contribution in [0, 0.1) is 45.3 Å². The standard InChI is InChI=1S/C42H73NO8/c1-13-15-18-41-24-42(41)20-17-30(49-34(46)32(25(3)14-2)43-35(47)51-36(4,5)6)37(7,8)33(42)27(44)21-29(41)39(11)22-26(28(45)23-39)40(12)19-16-31(50-40)38(9,10)48/h25-33,44-45,48H,13-24H2,1-12H3,(H,43,47). The van der Waals surface area contributed by atoms with Gasteiger partial charge in [0.15, 0.2) is 0 Å². The number of unbranched alkanes of at least 4 members (excludes halogenated alkanes) is 1. The second-order valence-electron chi connectivity index (χ2n) is 20.6. The maximum absolute atomic E-state index is 13.9. The summed E-state index contributed by atoms with van der Waals surface area (Å²) in [5.41, 5.74) is -2.73. The van der Waals surface area contributed by atoms with Crippen LogP contribution < -0.4 is 5.32 Å². The number of hydrogen-bond acceptors (Lipinski definition) is 8. The van der Waals surface area contributed by atoms with E-state index in [2.05, 4.69) is 39.9 Å². The fourth-order valence-electron chi connectivity index (χ4n) is 12.4. The number of ether oxygens (including phenoxy) is 3. The van der Waals surface area contributed by atoms with Crippen molar-refractivity contribution in [2.24, 2.45) is 45.3 Å². The molecule has 1 heterocycles. The molecule has 294 valence electrons. The van der Waals surface area contributed by atoms with E-state index < -0.39 is 52.5 Å². The quantitative estimate of drug-likeness (QED) is 0.160. The number of alkyl carbamates (subject to hydrolysis) is 1. The number of carbonyl (C=O) groups excluding carboxylic acids is 2. The first-order valence-electron chi connectivity index (χ1n) is 20.4. The van der Waals surface area contributed by atoms with E-state index in [4.69, 9.17) is 14.2 Å². The zero-order valence-electron chi connectivity index (χ0n) is 34.1. The maximum Gasteiger partial charge on any atom is 0.408 e. The van der Waals surface area contributed by atoms with Crippen LogP contribution in [0.3, 0.4) is 0 Å². The van der Waals surface area contributed by atoms with Gasteiger partial charge in [-0.2, -0.15) is 0 Å². The molecule has 1 amide bonds. The van der Waals surface area contributed by atoms with E-state index in [1.165, 1.54) is 0 Å². The van der Waals surface area contributed by atoms with Gasteiger partial charge in [-0.3, -0.25) is 0 Å². The van der Waals surface area contributed by atoms with Gasteiger partial charge in [0, 0.05) is 11.3 Å². The van der Waals surface area contributed by atoms with Crippen molar-refractivity contribution in [2.75, 3.05) is 0 Å². The highest BCUT2D eigenvalue weighted by atomic mass is 16.6. The van der Waals surface area contributed by atoms with Crippen molar-refractivity contribution in [1.82, 2.24) is 5.32 Å². The Kier molecular flexibility index (Phi) is 11.0. The zero-order valence-corrected chi connectivity index (χ0v) is 34.1. The molecule has 1 aliphatic heterocycles. The molecule has 1 saturated heterocycles. The number of aliphatic hydroxyl groups excluding tert-OH is 2. The van der Waals surface area contributed by atoms with E-state index >= 15 is 0 Å². The SMILES string of the molecule is CCCCC12CC13CCC(OC(=O)C(NC(=O)OC(C)(C)C)C(C)CC)C(C)(C)C3C(O)CC2C1(C)CC(O)C(C2(C)CCC(C(C)(C)O)O2)C1. The van der Waals surface area contributed by atoms with Crippen LogP contribution in [0.25, 0.3) is 0 Å². The Morgan fingerprint density at radius 1 is 0.980 bits per heavy atom. The summed E-state index contributed by atoms with van der Waals surface area (Å²) in [6.45, 7) is 24.1. The number of amides is 1. The summed E-state index contributed by atoms with van der Waals surface area (Å²) in [5.74, 6) is -0.367. The molecule has 4 N–H and O–H groups in total. The largest absolute Gasteiger partial charge is 0.460 e. The second-order valence-corrected chi connectivity index (χ2v) is 20.6. The van der Waals surface area contributed by atoms with Gasteiger partial charge in [-0.25, -0.2) is 9.59 Å². The molecule has 5 fully saturated rings. The topological polar surface area (TPSA) is 135 Å². The van der Waals surface area contributed by atoms with Crippen molar-refractivity contribution in [1.29, 1.82) is 0 Å². The van der Waals surface area contributed by atoms with Crippen LogP contribution in [0.4, 0.5) is 4.79 Å². The minimum atomic E-state index is -0.929. The summed E-state index contributed by atoms with van der Waals surface area (Å²) in [4.78, 5) is 26.6. The van der Waals surface area contributed by atoms with Gasteiger partial charge in [-0.05, 0) is 133 Å². The molecule has 51 heavy (non-hydrogen) atoms. The Morgan fingerprint density at radius 2 is 1.65 bits per heavy atom. The summed E-state index contributed by atoms with van der Waals surface area (Å²) in [5, 5.41) is 37.6. The lowest BCUT2D eigenvalue weighted by molar-refractivity contribution is -0.194. The third-order valence-corrected chi connectivity index (χ3v) is 15.0. The van der Waals surface area contributed by atoms with E-state index in [1.807, 2.05) is 27.7 Å². The molecule has 1 spiro atoms. The number of aliphatic hydroxyl groups is 3. The van der Waals surface area contributed by atoms with Gasteiger partial charge >= 0.3 is 12.1 Å². The molecule has 13 atom stereocenters. The van der Waals surface area contributed by atoms with Crippen molar-refractivity contribution in [3.63, 3.8) is 0 Å². The molecule has 0 radical (unpaired) electrons. The van der Waals surface area contributed by atoms with Crippen LogP contribution in [0.5, 0.6) is 0 Å². The van der Waals surface area contributed by atoms with E-state index in [0.29, 0.717) is 25.7 Å². The van der Waals surface area contributed by atoms with Crippen LogP contribution in [-0.4, -0.2) is 74.6 Å². The lowest BCUT2D eigenvalue weighted by atomic mass is 9.48. The second kappa shape index (κ2) is 13.7. The highest BCUT2D eigenvalue weighted by Gasteiger charge is 2.81. The van der Waals surface area contributed by atoms with Gasteiger partial charge in [-0.1, -0.05) is 60.8 Å². The Labute approximate surface area is 308 Å². The van der Waals surface area contributed by atoms with Crippen molar-refractivity contribution in [2.45, 2.75) is 207 Å². The summed E-state index contributed by atoms with van der Waals surface area (Å²) in [6, 6.07) is -0.826. The van der Waals surface area contributed by atoms with E-state index in [9.17, 15) is 24.9 Å². The minimum absolute atomic E-state index is 0.0259. The number of nitrogens with one attached hydrogen (secondary N) is 1. The van der Waals surface area contributed by atoms with E-state index in [1.54, 1.807) is 20.8 Å². The predicted molar refractivity (Wildman–Crippen MR) is 198 cm³/mol. The van der Waals surface area contributed by atoms with Crippen LogP contribution in [0.15, 0.2) is 0 Å². The first-order chi connectivity index (χ1) is 23.4. The molecule has 4 saturated carbocycles. The summed E-state index contributed by atoms with van der Waals surface area (Å²) in [6.07, 6.45) is 8.21. The van der Waals surface area contributed by atoms with Crippen LogP contribution in [0.2, 0.25) is 0 Å². The average Bonchev–Trinajstić information content (AvgIpc) is 3.25. The highest BCUT2D eigenvalue weighted by Crippen LogP contribution is 2.85. The Morgan fingerprint density at radius 3 is 2.22 bits per heavy atom. The maximum atomic E-state index is 13.9. The van der Waals surface area contributed by atoms with Crippen LogP contribution in [-0.2, 0) is 19.0 Å². The third-order valence-electron chi connectivity index (χ3n) is 15.0. The Hall–Kier alpha value is -1.42. The summed E-state index contributed by atoms with van der Waals surface area (Å²) in [7, 11) is 0. The first-order valence-corrected chi connectivity index (χ1v) is 20.4. The fourth-order valence-corrected chi connectivity index (χ4v) is 12.4. The van der Waals surface area contributed by atoms with Crippen molar-refractivity contribution in [3.05, 3.63) is 0 Å². The Balaban J connectivity index is 1.38. The zero-order chi connectivity index (χ0) is 38.2. The minimum Gasteiger partial charge on any atom is -0.460 e. The number of esters is 1. The summed E-state index contributed by atoms with van der Waals surface area (Å²) >= 11 is 0. The van der Waals surface area contributed by atoms with E-state index in [-0.39, 0.29) is 52.1 Å². The molecule has 13 unspecified atom stereocenters. The van der Waals surface area contributed by atoms with Gasteiger partial charge in [0.2, 0.25) is 0 Å². The van der Waals surface area contributed by atoms with Gasteiger partial charge in [0.25, 0.3) is 0 Å². The van der Waals surface area contributed by atoms with Crippen LogP contribution in [0.1, 0.15) is 160 Å². The van der Waals surface area contributed by atoms with Crippen molar-refractivity contribution in [3.8, 4) is 0 Å². The Bertz CT molecular complexity index is 1290. The molecule has 4 aliphatic carbocycles. The van der Waals surface area contributed by atoms with Crippen LogP contribution >= 0.6 is 0 Å². The molecule has 0 aromatic carbocycles. The van der Waals surface area contributed by atoms with Gasteiger partial charge in [-0.15, -0.1) is 0 Å². The lowest BCUT2D eigenvalue weighted by Crippen LogP contribution is -2.59. The van der Waals surface area contributed by atoms with Crippen molar-refractivity contribution >= 4 is 12.1 Å². The molecule has 5 rings (SSSR count). The number of carbonyl (C=O) groups is 2. The molecule has 0 aromatic heterocycles. The third kappa shape index (κ3) is 7.25. The molecule has 0 bridgehead atoms. The number of rotatable bonds is 11. The average molecular weight is 720 g/mol. The smallest absolute Gasteiger partial charge is 0.408 e. The van der Waals surface area contributed by atoms with Crippen molar-refractivity contribution < 1.29 is 39.1 Å². The van der Waals surface area contributed by atoms with E-state index in [0.717, 1.165) is 51.4 Å². The molecule has 0 aromatic rings. The number of hydrogen-bond donors (Lipinski definition) is 4. The molecule has 9 heteroatoms. The van der Waals surface area contributed by atoms with Gasteiger partial charge in [0.1, 0.15) is 17.7 Å². The lowest BCUT2D eigenvalue weighted by Gasteiger charge is -2.59. The molecular formula is C42H73NO8. The van der Waals surface area contributed by atoms with Gasteiger partial charge < -0.3 is 34.8 Å². The monoisotopic (exact) mass is 720 g/mol. The normalized spacial score (nSPS) is 43.1. The molecule has 9 nitrogen and oxygen atoms in total. The summed E-state index contributed by atoms with van der Waals surface area (Å²) < 4.78 is 18.5.